The molecule has 124 valence electrons. The molecular formula is C17H21NO5. The van der Waals surface area contributed by atoms with Gasteiger partial charge in [-0.3, -0.25) is 0 Å². The minimum absolute atomic E-state index is 0.0797. The summed E-state index contributed by atoms with van der Waals surface area (Å²) in [5, 5.41) is 8.94. The molecule has 2 rings (SSSR count). The molecule has 1 aromatic rings. The van der Waals surface area contributed by atoms with Gasteiger partial charge in [-0.25, -0.2) is 4.79 Å². The monoisotopic (exact) mass is 319 g/mol. The number of esters is 1. The quantitative estimate of drug-likeness (QED) is 0.539. The Labute approximate surface area is 135 Å². The van der Waals surface area contributed by atoms with Crippen LogP contribution in [0, 0.1) is 11.3 Å². The lowest BCUT2D eigenvalue weighted by atomic mass is 10.2. The van der Waals surface area contributed by atoms with E-state index in [2.05, 4.69) is 0 Å². The van der Waals surface area contributed by atoms with E-state index in [0.29, 0.717) is 17.9 Å². The van der Waals surface area contributed by atoms with E-state index in [0.717, 1.165) is 19.4 Å². The first kappa shape index (κ1) is 17.3. The van der Waals surface area contributed by atoms with Crippen LogP contribution in [-0.4, -0.2) is 44.6 Å². The third-order valence-corrected chi connectivity index (χ3v) is 3.48. The highest BCUT2D eigenvalue weighted by Crippen LogP contribution is 2.16. The zero-order chi connectivity index (χ0) is 16.5. The zero-order valence-electron chi connectivity index (χ0n) is 13.2. The number of rotatable bonds is 8. The fourth-order valence-corrected chi connectivity index (χ4v) is 2.19. The van der Waals surface area contributed by atoms with Crippen molar-refractivity contribution in [1.82, 2.24) is 0 Å². The second-order valence-electron chi connectivity index (χ2n) is 5.23. The Morgan fingerprint density at radius 3 is 3.00 bits per heavy atom. The largest absolute Gasteiger partial charge is 0.489 e. The minimum Gasteiger partial charge on any atom is -0.489 e. The van der Waals surface area contributed by atoms with Gasteiger partial charge in [-0.2, -0.15) is 5.26 Å². The molecule has 0 aromatic heterocycles. The number of benzene rings is 1. The molecule has 1 aliphatic rings. The lowest BCUT2D eigenvalue weighted by molar-refractivity contribution is -0.158. The molecule has 0 saturated carbocycles. The molecule has 0 spiro atoms. The summed E-state index contributed by atoms with van der Waals surface area (Å²) >= 11 is 0. The fraction of sp³-hybridized carbons (Fsp3) is 0.529. The lowest BCUT2D eigenvalue weighted by Gasteiger charge is -2.15. The molecule has 1 aromatic carbocycles. The molecule has 1 fully saturated rings. The van der Waals surface area contributed by atoms with Crippen LogP contribution in [-0.2, 0) is 19.0 Å². The van der Waals surface area contributed by atoms with Gasteiger partial charge in [0, 0.05) is 6.61 Å². The van der Waals surface area contributed by atoms with Gasteiger partial charge in [-0.05, 0) is 31.9 Å². The second kappa shape index (κ2) is 9.13. The van der Waals surface area contributed by atoms with Crippen molar-refractivity contribution >= 4 is 5.97 Å². The maximum atomic E-state index is 11.8. The molecule has 0 bridgehead atoms. The van der Waals surface area contributed by atoms with Gasteiger partial charge < -0.3 is 18.9 Å². The molecule has 2 unspecified atom stereocenters. The molecule has 1 saturated heterocycles. The summed E-state index contributed by atoms with van der Waals surface area (Å²) in [6, 6.07) is 8.96. The number of para-hydroxylation sites is 1. The van der Waals surface area contributed by atoms with E-state index in [9.17, 15) is 4.79 Å². The van der Waals surface area contributed by atoms with E-state index in [-0.39, 0.29) is 19.3 Å². The Kier molecular flexibility index (Phi) is 6.85. The van der Waals surface area contributed by atoms with Crippen LogP contribution in [0.3, 0.4) is 0 Å². The minimum atomic E-state index is -0.634. The molecule has 0 N–H and O–H groups in total. The van der Waals surface area contributed by atoms with Crippen molar-refractivity contribution in [3.8, 4) is 11.8 Å². The van der Waals surface area contributed by atoms with Crippen LogP contribution in [0.2, 0.25) is 0 Å². The SMILES string of the molecule is CC(OCC1CCCO1)C(=O)OCCOc1ccccc1C#N. The summed E-state index contributed by atoms with van der Waals surface area (Å²) in [4.78, 5) is 11.8. The number of carbonyl (C=O) groups is 1. The topological polar surface area (TPSA) is 77.8 Å². The highest BCUT2D eigenvalue weighted by Gasteiger charge is 2.20. The lowest BCUT2D eigenvalue weighted by Crippen LogP contribution is -2.28. The predicted molar refractivity (Wildman–Crippen MR) is 82.0 cm³/mol. The van der Waals surface area contributed by atoms with Crippen molar-refractivity contribution in [2.75, 3.05) is 26.4 Å². The first-order valence-corrected chi connectivity index (χ1v) is 7.72. The van der Waals surface area contributed by atoms with E-state index >= 15 is 0 Å². The molecule has 6 nitrogen and oxygen atoms in total. The molecule has 0 amide bonds. The Hall–Kier alpha value is -2.10. The van der Waals surface area contributed by atoms with Gasteiger partial charge in [0.2, 0.25) is 0 Å². The number of nitriles is 1. The molecule has 1 heterocycles. The third kappa shape index (κ3) is 5.55. The summed E-state index contributed by atoms with van der Waals surface area (Å²) in [6.07, 6.45) is 1.45. The van der Waals surface area contributed by atoms with Gasteiger partial charge >= 0.3 is 5.97 Å². The molecular weight excluding hydrogens is 298 g/mol. The smallest absolute Gasteiger partial charge is 0.335 e. The van der Waals surface area contributed by atoms with Gasteiger partial charge in [0.1, 0.15) is 25.0 Å². The van der Waals surface area contributed by atoms with Crippen LogP contribution in [0.1, 0.15) is 25.3 Å². The molecule has 2 atom stereocenters. The maximum absolute atomic E-state index is 11.8. The van der Waals surface area contributed by atoms with Crippen LogP contribution in [0.5, 0.6) is 5.75 Å². The number of hydrogen-bond acceptors (Lipinski definition) is 6. The maximum Gasteiger partial charge on any atom is 0.335 e. The van der Waals surface area contributed by atoms with E-state index < -0.39 is 12.1 Å². The average molecular weight is 319 g/mol. The van der Waals surface area contributed by atoms with E-state index in [1.165, 1.54) is 0 Å². The number of carbonyl (C=O) groups excluding carboxylic acids is 1. The van der Waals surface area contributed by atoms with Gasteiger partial charge in [0.25, 0.3) is 0 Å². The van der Waals surface area contributed by atoms with Crippen LogP contribution in [0.4, 0.5) is 0 Å². The van der Waals surface area contributed by atoms with Crippen molar-refractivity contribution in [3.05, 3.63) is 29.8 Å². The van der Waals surface area contributed by atoms with Gasteiger partial charge in [-0.15, -0.1) is 0 Å². The normalized spacial score (nSPS) is 18.2. The van der Waals surface area contributed by atoms with Crippen molar-refractivity contribution in [3.63, 3.8) is 0 Å². The average Bonchev–Trinajstić information content (AvgIpc) is 3.10. The summed E-state index contributed by atoms with van der Waals surface area (Å²) in [6.45, 7) is 3.11. The molecule has 1 aliphatic heterocycles. The highest BCUT2D eigenvalue weighted by atomic mass is 16.6. The third-order valence-electron chi connectivity index (χ3n) is 3.48. The molecule has 0 radical (unpaired) electrons. The number of ether oxygens (including phenoxy) is 4. The fourth-order valence-electron chi connectivity index (χ4n) is 2.19. The van der Waals surface area contributed by atoms with Crippen molar-refractivity contribution in [1.29, 1.82) is 5.26 Å². The predicted octanol–water partition coefficient (Wildman–Crippen LogP) is 2.06. The van der Waals surface area contributed by atoms with Crippen LogP contribution >= 0.6 is 0 Å². The van der Waals surface area contributed by atoms with Gasteiger partial charge in [0.05, 0.1) is 18.3 Å². The summed E-state index contributed by atoms with van der Waals surface area (Å²) in [5.74, 6) is 0.0499. The van der Waals surface area contributed by atoms with Crippen LogP contribution in [0.25, 0.3) is 0 Å². The highest BCUT2D eigenvalue weighted by molar-refractivity contribution is 5.74. The van der Waals surface area contributed by atoms with Gasteiger partial charge in [-0.1, -0.05) is 12.1 Å². The summed E-state index contributed by atoms with van der Waals surface area (Å²) in [7, 11) is 0. The van der Waals surface area contributed by atoms with Crippen LogP contribution < -0.4 is 4.74 Å². The van der Waals surface area contributed by atoms with E-state index in [1.807, 2.05) is 6.07 Å². The zero-order valence-corrected chi connectivity index (χ0v) is 13.2. The van der Waals surface area contributed by atoms with Crippen molar-refractivity contribution in [2.24, 2.45) is 0 Å². The summed E-state index contributed by atoms with van der Waals surface area (Å²) in [5.41, 5.74) is 0.451. The Morgan fingerprint density at radius 1 is 1.43 bits per heavy atom. The van der Waals surface area contributed by atoms with Crippen molar-refractivity contribution < 1.29 is 23.7 Å². The first-order valence-electron chi connectivity index (χ1n) is 7.72. The van der Waals surface area contributed by atoms with E-state index in [1.54, 1.807) is 31.2 Å². The van der Waals surface area contributed by atoms with Gasteiger partial charge in [0.15, 0.2) is 6.10 Å². The molecule has 0 aliphatic carbocycles. The second-order valence-corrected chi connectivity index (χ2v) is 5.23. The Balaban J connectivity index is 1.63. The Bertz CT molecular complexity index is 548. The Morgan fingerprint density at radius 2 is 2.26 bits per heavy atom. The molecule has 6 heteroatoms. The van der Waals surface area contributed by atoms with E-state index in [4.69, 9.17) is 24.2 Å². The number of hydrogen-bond donors (Lipinski definition) is 0. The van der Waals surface area contributed by atoms with Crippen LogP contribution in [0.15, 0.2) is 24.3 Å². The number of nitrogens with zero attached hydrogens (tertiary/aromatic N) is 1. The first-order chi connectivity index (χ1) is 11.2. The summed E-state index contributed by atoms with van der Waals surface area (Å²) < 4.78 is 21.4. The molecule has 23 heavy (non-hydrogen) atoms. The standard InChI is InChI=1S/C17H21NO5/c1-13(23-12-15-6-4-8-20-15)17(19)22-10-9-21-16-7-3-2-5-14(16)11-18/h2-3,5,7,13,15H,4,6,8-10,12H2,1H3. The van der Waals surface area contributed by atoms with Crippen molar-refractivity contribution in [2.45, 2.75) is 32.0 Å².